The van der Waals surface area contributed by atoms with E-state index in [1.54, 1.807) is 14.0 Å². The summed E-state index contributed by atoms with van der Waals surface area (Å²) in [5, 5.41) is 3.49. The summed E-state index contributed by atoms with van der Waals surface area (Å²) in [6.07, 6.45) is 1.77. The Hall–Kier alpha value is -4.88. The van der Waals surface area contributed by atoms with Gasteiger partial charge in [-0.3, -0.25) is 0 Å². The summed E-state index contributed by atoms with van der Waals surface area (Å²) in [6.45, 7) is 4.47. The number of fused-ring (bicyclic) bond motifs is 3. The lowest BCUT2D eigenvalue weighted by Crippen LogP contribution is -2.29. The van der Waals surface area contributed by atoms with Crippen LogP contribution in [0.25, 0.3) is 11.1 Å². The minimum Gasteiger partial charge on any atom is -0.496 e. The SMILES string of the molecule is CCCCCOC(=O)C(=C(C)OC(=O)OCC1c2ccccc2-c2ccccc21)C(NCc1ccccc1)c1ccccc1OC. The zero-order valence-corrected chi connectivity index (χ0v) is 26.7. The zero-order chi connectivity index (χ0) is 32.3. The van der Waals surface area contributed by atoms with Crippen LogP contribution in [-0.4, -0.2) is 32.4 Å². The molecule has 1 atom stereocenters. The smallest absolute Gasteiger partial charge is 0.496 e. The van der Waals surface area contributed by atoms with Crippen LogP contribution in [0, 0.1) is 0 Å². The van der Waals surface area contributed by atoms with Crippen LogP contribution in [-0.2, 0) is 25.5 Å². The van der Waals surface area contributed by atoms with Crippen LogP contribution in [0.1, 0.15) is 67.3 Å². The molecule has 0 saturated carbocycles. The first kappa shape index (κ1) is 32.5. The maximum Gasteiger partial charge on any atom is 0.513 e. The molecule has 0 fully saturated rings. The average molecular weight is 620 g/mol. The third-order valence-electron chi connectivity index (χ3n) is 8.24. The van der Waals surface area contributed by atoms with E-state index in [1.165, 1.54) is 0 Å². The normalized spacial score (nSPS) is 13.2. The van der Waals surface area contributed by atoms with E-state index in [0.29, 0.717) is 17.9 Å². The van der Waals surface area contributed by atoms with E-state index >= 15 is 0 Å². The van der Waals surface area contributed by atoms with E-state index in [2.05, 4.69) is 36.5 Å². The second-order valence-electron chi connectivity index (χ2n) is 11.2. The summed E-state index contributed by atoms with van der Waals surface area (Å²) < 4.78 is 22.9. The zero-order valence-electron chi connectivity index (χ0n) is 26.7. The molecular weight excluding hydrogens is 578 g/mol. The highest BCUT2D eigenvalue weighted by atomic mass is 16.7. The van der Waals surface area contributed by atoms with E-state index in [0.717, 1.165) is 47.1 Å². The summed E-state index contributed by atoms with van der Waals surface area (Å²) in [6, 6.07) is 32.9. The second-order valence-corrected chi connectivity index (χ2v) is 11.2. The third kappa shape index (κ3) is 7.66. The molecule has 0 radical (unpaired) electrons. The van der Waals surface area contributed by atoms with Gasteiger partial charge in [-0.1, -0.05) is 117 Å². The maximum absolute atomic E-state index is 13.8. The molecule has 4 aromatic carbocycles. The number of ether oxygens (including phenoxy) is 4. The van der Waals surface area contributed by atoms with Crippen molar-refractivity contribution < 1.29 is 28.5 Å². The van der Waals surface area contributed by atoms with Crippen molar-refractivity contribution in [3.63, 3.8) is 0 Å². The summed E-state index contributed by atoms with van der Waals surface area (Å²) in [5.74, 6) is -0.0231. The summed E-state index contributed by atoms with van der Waals surface area (Å²) >= 11 is 0. The Labute approximate surface area is 271 Å². The van der Waals surface area contributed by atoms with Crippen LogP contribution in [0.5, 0.6) is 5.75 Å². The van der Waals surface area contributed by atoms with Gasteiger partial charge in [0.2, 0.25) is 0 Å². The van der Waals surface area contributed by atoms with Crippen molar-refractivity contribution >= 4 is 12.1 Å². The van der Waals surface area contributed by atoms with E-state index in [1.807, 2.05) is 78.9 Å². The lowest BCUT2D eigenvalue weighted by Gasteiger charge is -2.25. The van der Waals surface area contributed by atoms with Gasteiger partial charge in [0.1, 0.15) is 18.1 Å². The molecule has 4 aromatic rings. The minimum atomic E-state index is -0.891. The van der Waals surface area contributed by atoms with E-state index < -0.39 is 18.2 Å². The molecule has 0 aliphatic heterocycles. The number of benzene rings is 4. The number of hydrogen-bond acceptors (Lipinski definition) is 7. The highest BCUT2D eigenvalue weighted by molar-refractivity contribution is 5.91. The Morgan fingerprint density at radius 1 is 0.783 bits per heavy atom. The van der Waals surface area contributed by atoms with Crippen LogP contribution in [0.3, 0.4) is 0 Å². The van der Waals surface area contributed by atoms with Gasteiger partial charge in [-0.25, -0.2) is 9.59 Å². The Morgan fingerprint density at radius 3 is 2.09 bits per heavy atom. The van der Waals surface area contributed by atoms with Crippen LogP contribution in [0.15, 0.2) is 114 Å². The fourth-order valence-electron chi connectivity index (χ4n) is 5.95. The van der Waals surface area contributed by atoms with E-state index in [9.17, 15) is 9.59 Å². The van der Waals surface area contributed by atoms with Gasteiger partial charge < -0.3 is 24.3 Å². The minimum absolute atomic E-state index is 0.0918. The summed E-state index contributed by atoms with van der Waals surface area (Å²) in [4.78, 5) is 27.0. The van der Waals surface area contributed by atoms with Gasteiger partial charge in [0.05, 0.1) is 25.3 Å². The number of allylic oxidation sites excluding steroid dienone is 1. The van der Waals surface area contributed by atoms with Crippen molar-refractivity contribution in [1.29, 1.82) is 0 Å². The number of esters is 1. The number of nitrogens with one attached hydrogen (secondary N) is 1. The van der Waals surface area contributed by atoms with E-state index in [4.69, 9.17) is 18.9 Å². The van der Waals surface area contributed by atoms with E-state index in [-0.39, 0.29) is 30.5 Å². The monoisotopic (exact) mass is 619 g/mol. The Morgan fingerprint density at radius 2 is 1.41 bits per heavy atom. The molecule has 1 aliphatic rings. The molecule has 46 heavy (non-hydrogen) atoms. The van der Waals surface area contributed by atoms with Gasteiger partial charge in [0, 0.05) is 18.0 Å². The van der Waals surface area contributed by atoms with Gasteiger partial charge in [-0.15, -0.1) is 0 Å². The van der Waals surface area contributed by atoms with Crippen LogP contribution in [0.2, 0.25) is 0 Å². The standard InChI is InChI=1S/C39H41NO6/c1-4-5-15-24-44-38(41)36(37(33-22-13-14-23-35(33)43-3)40-25-28-16-7-6-8-17-28)27(2)46-39(42)45-26-34-31-20-11-9-18-29(31)30-19-10-12-21-32(30)34/h6-14,16-23,34,37,40H,4-5,15,24-26H2,1-3H3. The number of unbranched alkanes of at least 4 members (excludes halogenated alkanes) is 2. The van der Waals surface area contributed by atoms with Crippen molar-refractivity contribution in [2.24, 2.45) is 0 Å². The first-order chi connectivity index (χ1) is 22.5. The van der Waals surface area contributed by atoms with Crippen molar-refractivity contribution in [2.75, 3.05) is 20.3 Å². The molecule has 0 amide bonds. The van der Waals surface area contributed by atoms with Crippen molar-refractivity contribution in [3.05, 3.63) is 137 Å². The molecular formula is C39H41NO6. The predicted molar refractivity (Wildman–Crippen MR) is 178 cm³/mol. The quantitative estimate of drug-likeness (QED) is 0.0656. The molecule has 0 heterocycles. The van der Waals surface area contributed by atoms with Crippen molar-refractivity contribution in [2.45, 2.75) is 51.6 Å². The topological polar surface area (TPSA) is 83.1 Å². The molecule has 0 aromatic heterocycles. The third-order valence-corrected chi connectivity index (χ3v) is 8.24. The molecule has 0 spiro atoms. The average Bonchev–Trinajstić information content (AvgIpc) is 3.41. The lowest BCUT2D eigenvalue weighted by atomic mass is 9.96. The summed E-state index contributed by atoms with van der Waals surface area (Å²) in [5.41, 5.74) is 6.36. The van der Waals surface area contributed by atoms with Crippen LogP contribution >= 0.6 is 0 Å². The van der Waals surface area contributed by atoms with Gasteiger partial charge in [0.15, 0.2) is 0 Å². The van der Waals surface area contributed by atoms with Gasteiger partial charge >= 0.3 is 12.1 Å². The Balaban J connectivity index is 1.42. The van der Waals surface area contributed by atoms with Crippen molar-refractivity contribution in [3.8, 4) is 16.9 Å². The Kier molecular flexibility index (Phi) is 11.2. The molecule has 7 heteroatoms. The van der Waals surface area contributed by atoms with Gasteiger partial charge in [-0.2, -0.15) is 0 Å². The van der Waals surface area contributed by atoms with Crippen molar-refractivity contribution in [1.82, 2.24) is 5.32 Å². The fraction of sp³-hybridized carbons (Fsp3) is 0.282. The molecule has 5 rings (SSSR count). The molecule has 0 bridgehead atoms. The summed E-state index contributed by atoms with van der Waals surface area (Å²) in [7, 11) is 1.58. The first-order valence-electron chi connectivity index (χ1n) is 15.8. The first-order valence-corrected chi connectivity index (χ1v) is 15.8. The number of carbonyl (C=O) groups excluding carboxylic acids is 2. The maximum atomic E-state index is 13.8. The fourth-order valence-corrected chi connectivity index (χ4v) is 5.95. The second kappa shape index (κ2) is 15.9. The number of methoxy groups -OCH3 is 1. The lowest BCUT2D eigenvalue weighted by molar-refractivity contribution is -0.139. The number of rotatable bonds is 14. The van der Waals surface area contributed by atoms with Crippen LogP contribution < -0.4 is 10.1 Å². The molecule has 7 nitrogen and oxygen atoms in total. The largest absolute Gasteiger partial charge is 0.513 e. The molecule has 1 N–H and O–H groups in total. The van der Waals surface area contributed by atoms with Gasteiger partial charge in [-0.05, 0) is 47.2 Å². The number of carbonyl (C=O) groups is 2. The predicted octanol–water partition coefficient (Wildman–Crippen LogP) is 8.50. The number of para-hydroxylation sites is 1. The molecule has 1 unspecified atom stereocenters. The highest BCUT2D eigenvalue weighted by Crippen LogP contribution is 2.44. The Bertz CT molecular complexity index is 1620. The molecule has 0 saturated heterocycles. The van der Waals surface area contributed by atoms with Crippen LogP contribution in [0.4, 0.5) is 4.79 Å². The van der Waals surface area contributed by atoms with Gasteiger partial charge in [0.25, 0.3) is 0 Å². The molecule has 1 aliphatic carbocycles. The highest BCUT2D eigenvalue weighted by Gasteiger charge is 2.32. The number of hydrogen-bond donors (Lipinski definition) is 1. The molecule has 238 valence electrons.